The van der Waals surface area contributed by atoms with Gasteiger partial charge in [-0.2, -0.15) is 0 Å². The van der Waals surface area contributed by atoms with Gasteiger partial charge < -0.3 is 15.4 Å². The van der Waals surface area contributed by atoms with Crippen LogP contribution in [0.3, 0.4) is 0 Å². The molecule has 1 atom stereocenters. The van der Waals surface area contributed by atoms with E-state index in [2.05, 4.69) is 6.92 Å². The lowest BCUT2D eigenvalue weighted by Gasteiger charge is -2.37. The van der Waals surface area contributed by atoms with Crippen LogP contribution in [0.5, 0.6) is 0 Å². The first-order chi connectivity index (χ1) is 17.4. The Balaban J connectivity index is 1.59. The smallest absolute Gasteiger partial charge is 0.340 e. The average Bonchev–Trinajstić information content (AvgIpc) is 2.88. The molecule has 1 aliphatic heterocycles. The van der Waals surface area contributed by atoms with E-state index in [0.29, 0.717) is 30.6 Å². The van der Waals surface area contributed by atoms with Crippen LogP contribution >= 0.6 is 0 Å². The van der Waals surface area contributed by atoms with Crippen molar-refractivity contribution in [1.82, 2.24) is 0 Å². The van der Waals surface area contributed by atoms with Gasteiger partial charge in [-0.15, -0.1) is 0 Å². The number of halogens is 2. The van der Waals surface area contributed by atoms with Gasteiger partial charge in [0.15, 0.2) is 11.6 Å². The molecule has 36 heavy (non-hydrogen) atoms. The second-order valence-electron chi connectivity index (χ2n) is 9.08. The number of rotatable bonds is 9. The van der Waals surface area contributed by atoms with Gasteiger partial charge in [-0.25, -0.2) is 13.6 Å². The van der Waals surface area contributed by atoms with Gasteiger partial charge in [0.25, 0.3) is 0 Å². The molecule has 1 aliphatic rings. The van der Waals surface area contributed by atoms with Crippen LogP contribution in [0, 0.1) is 11.6 Å². The predicted molar refractivity (Wildman–Crippen MR) is 135 cm³/mol. The third-order valence-electron chi connectivity index (χ3n) is 6.52. The van der Waals surface area contributed by atoms with Crippen molar-refractivity contribution in [2.45, 2.75) is 51.7 Å². The van der Waals surface area contributed by atoms with E-state index >= 15 is 0 Å². The van der Waals surface area contributed by atoms with E-state index in [1.165, 1.54) is 11.6 Å². The molecule has 188 valence electrons. The Morgan fingerprint density at radius 3 is 2.47 bits per heavy atom. The zero-order chi connectivity index (χ0) is 25.7. The number of carbonyl (C=O) groups is 2. The van der Waals surface area contributed by atoms with Crippen LogP contribution in [-0.2, 0) is 29.0 Å². The number of esters is 1. The number of primary amides is 1. The summed E-state index contributed by atoms with van der Waals surface area (Å²) in [7, 11) is 0. The third kappa shape index (κ3) is 5.56. The van der Waals surface area contributed by atoms with Gasteiger partial charge in [0, 0.05) is 6.54 Å². The molecular weight excluding hydrogens is 462 g/mol. The lowest BCUT2D eigenvalue weighted by atomic mass is 9.93. The van der Waals surface area contributed by atoms with E-state index in [1.54, 1.807) is 17.0 Å². The zero-order valence-electron chi connectivity index (χ0n) is 20.3. The van der Waals surface area contributed by atoms with Crippen molar-refractivity contribution in [1.29, 1.82) is 0 Å². The summed E-state index contributed by atoms with van der Waals surface area (Å²) in [6.45, 7) is 2.68. The Bertz CT molecular complexity index is 1240. The maximum atomic E-state index is 14.0. The number of nitrogens with two attached hydrogens (primary N) is 1. The van der Waals surface area contributed by atoms with E-state index in [4.69, 9.17) is 10.5 Å². The molecule has 5 nitrogen and oxygen atoms in total. The molecule has 2 N–H and O–H groups in total. The number of amides is 1. The second-order valence-corrected chi connectivity index (χ2v) is 9.08. The lowest BCUT2D eigenvalue weighted by molar-refractivity contribution is -0.119. The van der Waals surface area contributed by atoms with Gasteiger partial charge in [0.2, 0.25) is 5.91 Å². The SMILES string of the molecule is CCCCc1ccc(COC(=O)c2cccc3c2N(C(C(N)=O)c2ccc(F)c(F)c2)CCC3)cc1. The van der Waals surface area contributed by atoms with Crippen LogP contribution in [0.4, 0.5) is 14.5 Å². The van der Waals surface area contributed by atoms with Crippen LogP contribution in [-0.4, -0.2) is 18.4 Å². The lowest BCUT2D eigenvalue weighted by Crippen LogP contribution is -2.41. The molecule has 3 aromatic rings. The first-order valence-corrected chi connectivity index (χ1v) is 12.3. The summed E-state index contributed by atoms with van der Waals surface area (Å²) in [6, 6.07) is 15.5. The summed E-state index contributed by atoms with van der Waals surface area (Å²) in [5.41, 5.74) is 9.79. The second kappa shape index (κ2) is 11.3. The van der Waals surface area contributed by atoms with Crippen molar-refractivity contribution < 1.29 is 23.1 Å². The fraction of sp³-hybridized carbons (Fsp3) is 0.310. The van der Waals surface area contributed by atoms with Gasteiger partial charge in [-0.05, 0) is 66.1 Å². The van der Waals surface area contributed by atoms with E-state index in [0.717, 1.165) is 42.5 Å². The summed E-state index contributed by atoms with van der Waals surface area (Å²) in [4.78, 5) is 27.4. The molecule has 0 radical (unpaired) electrons. The molecule has 1 unspecified atom stereocenters. The predicted octanol–water partition coefficient (Wildman–Crippen LogP) is 5.64. The summed E-state index contributed by atoms with van der Waals surface area (Å²) >= 11 is 0. The number of hydrogen-bond acceptors (Lipinski definition) is 4. The molecule has 1 heterocycles. The van der Waals surface area contributed by atoms with Crippen LogP contribution in [0.2, 0.25) is 0 Å². The Morgan fingerprint density at radius 2 is 1.78 bits per heavy atom. The van der Waals surface area contributed by atoms with Crippen molar-refractivity contribution in [2.24, 2.45) is 5.73 Å². The van der Waals surface area contributed by atoms with Gasteiger partial charge in [0.1, 0.15) is 12.6 Å². The number of para-hydroxylation sites is 1. The van der Waals surface area contributed by atoms with E-state index in [1.807, 2.05) is 30.3 Å². The molecule has 0 saturated heterocycles. The quantitative estimate of drug-likeness (QED) is 0.392. The largest absolute Gasteiger partial charge is 0.457 e. The van der Waals surface area contributed by atoms with Crippen molar-refractivity contribution in [3.63, 3.8) is 0 Å². The zero-order valence-corrected chi connectivity index (χ0v) is 20.3. The Morgan fingerprint density at radius 1 is 1.03 bits per heavy atom. The fourth-order valence-electron chi connectivity index (χ4n) is 4.70. The number of carbonyl (C=O) groups excluding carboxylic acids is 2. The third-order valence-corrected chi connectivity index (χ3v) is 6.52. The number of benzene rings is 3. The highest BCUT2D eigenvalue weighted by molar-refractivity contribution is 5.98. The fourth-order valence-corrected chi connectivity index (χ4v) is 4.70. The Hall–Kier alpha value is -3.74. The molecule has 1 amide bonds. The molecule has 0 fully saturated rings. The van der Waals surface area contributed by atoms with Gasteiger partial charge in [0.05, 0.1) is 11.3 Å². The number of nitrogens with zero attached hydrogens (tertiary/aromatic N) is 1. The summed E-state index contributed by atoms with van der Waals surface area (Å²) in [5.74, 6) is -3.32. The highest BCUT2D eigenvalue weighted by Crippen LogP contribution is 2.37. The maximum Gasteiger partial charge on any atom is 0.340 e. The first-order valence-electron chi connectivity index (χ1n) is 12.3. The normalized spacial score (nSPS) is 13.7. The number of ether oxygens (including phenoxy) is 1. The van der Waals surface area contributed by atoms with E-state index < -0.39 is 29.6 Å². The minimum Gasteiger partial charge on any atom is -0.457 e. The number of fused-ring (bicyclic) bond motifs is 1. The van der Waals surface area contributed by atoms with Gasteiger partial charge >= 0.3 is 5.97 Å². The van der Waals surface area contributed by atoms with Crippen LogP contribution in [0.25, 0.3) is 0 Å². The van der Waals surface area contributed by atoms with Crippen molar-refractivity contribution in [3.05, 3.63) is 100 Å². The van der Waals surface area contributed by atoms with E-state index in [9.17, 15) is 18.4 Å². The van der Waals surface area contributed by atoms with Crippen molar-refractivity contribution >= 4 is 17.6 Å². The van der Waals surface area contributed by atoms with Crippen molar-refractivity contribution in [2.75, 3.05) is 11.4 Å². The monoisotopic (exact) mass is 492 g/mol. The minimum atomic E-state index is -1.07. The molecular formula is C29H30F2N2O3. The van der Waals surface area contributed by atoms with Crippen LogP contribution < -0.4 is 10.6 Å². The van der Waals surface area contributed by atoms with Crippen molar-refractivity contribution in [3.8, 4) is 0 Å². The first kappa shape index (κ1) is 25.4. The Labute approximate surface area is 209 Å². The Kier molecular flexibility index (Phi) is 7.98. The van der Waals surface area contributed by atoms with Gasteiger partial charge in [-0.3, -0.25) is 4.79 Å². The van der Waals surface area contributed by atoms with E-state index in [-0.39, 0.29) is 12.2 Å². The molecule has 7 heteroatoms. The van der Waals surface area contributed by atoms with Crippen LogP contribution in [0.15, 0.2) is 60.7 Å². The molecule has 0 saturated carbocycles. The number of aryl methyl sites for hydroxylation is 2. The highest BCUT2D eigenvalue weighted by Gasteiger charge is 2.33. The van der Waals surface area contributed by atoms with Gasteiger partial charge in [-0.1, -0.05) is 55.8 Å². The highest BCUT2D eigenvalue weighted by atomic mass is 19.2. The molecule has 0 aromatic heterocycles. The molecule has 4 rings (SSSR count). The van der Waals surface area contributed by atoms with Crippen LogP contribution in [0.1, 0.15) is 64.8 Å². The maximum absolute atomic E-state index is 14.0. The molecule has 0 bridgehead atoms. The topological polar surface area (TPSA) is 72.6 Å². The summed E-state index contributed by atoms with van der Waals surface area (Å²) in [6.07, 6.45) is 4.69. The summed E-state index contributed by atoms with van der Waals surface area (Å²) < 4.78 is 33.2. The molecule has 3 aromatic carbocycles. The average molecular weight is 493 g/mol. The minimum absolute atomic E-state index is 0.110. The number of anilines is 1. The molecule has 0 aliphatic carbocycles. The molecule has 0 spiro atoms. The number of hydrogen-bond donors (Lipinski definition) is 1. The summed E-state index contributed by atoms with van der Waals surface area (Å²) in [5, 5.41) is 0. The number of unbranched alkanes of at least 4 members (excludes halogenated alkanes) is 1. The standard InChI is InChI=1S/C29H30F2N2O3/c1-2-3-6-19-10-12-20(13-11-19)18-36-29(35)23-9-4-7-21-8-5-16-33(26(21)23)27(28(32)34)22-14-15-24(30)25(31)17-22/h4,7,9-15,17,27H,2-3,5-6,8,16,18H2,1H3,(H2,32,34).